The second-order valence-electron chi connectivity index (χ2n) is 3.48. The fourth-order valence-electron chi connectivity index (χ4n) is 0.942. The van der Waals surface area contributed by atoms with Crippen LogP contribution in [0.3, 0.4) is 0 Å². The average Bonchev–Trinajstić information content (AvgIpc) is 2.39. The molecule has 1 aromatic rings. The van der Waals surface area contributed by atoms with Gasteiger partial charge < -0.3 is 2.85 Å². The second kappa shape index (κ2) is 18.6. The van der Waals surface area contributed by atoms with E-state index in [0.29, 0.717) is 26.4 Å². The van der Waals surface area contributed by atoms with Gasteiger partial charge in [0, 0.05) is 0 Å². The van der Waals surface area contributed by atoms with Gasteiger partial charge in [0.05, 0.1) is 0 Å². The molecule has 0 spiro atoms. The number of methoxy groups -OCH3 is 2. The Balaban J connectivity index is -0.000000127. The van der Waals surface area contributed by atoms with Crippen molar-refractivity contribution in [3.05, 3.63) is 35.9 Å². The van der Waals surface area contributed by atoms with Gasteiger partial charge in [-0.25, -0.2) is 0 Å². The summed E-state index contributed by atoms with van der Waals surface area (Å²) >= 11 is -0.349. The van der Waals surface area contributed by atoms with E-state index in [-0.39, 0.29) is 48.3 Å². The largest absolute Gasteiger partial charge is 1.00 e. The molecule has 0 fully saturated rings. The molecule has 0 heterocycles. The summed E-state index contributed by atoms with van der Waals surface area (Å²) in [7, 11) is 3.29. The summed E-state index contributed by atoms with van der Waals surface area (Å²) in [5.74, 6) is 0. The number of aryl methyl sites for hydroxylation is 1. The maximum Gasteiger partial charge on any atom is 1.00 e. The maximum absolute atomic E-state index is 5.10. The van der Waals surface area contributed by atoms with E-state index in [1.807, 2.05) is 18.2 Å². The van der Waals surface area contributed by atoms with Crippen LogP contribution in [0.2, 0.25) is 0 Å². The first-order chi connectivity index (χ1) is 8.81. The van der Waals surface area contributed by atoms with Crippen molar-refractivity contribution in [3.8, 4) is 0 Å². The Labute approximate surface area is 148 Å². The van der Waals surface area contributed by atoms with Crippen molar-refractivity contribution >= 4 is 15.9 Å². The van der Waals surface area contributed by atoms with Crippen molar-refractivity contribution < 1.29 is 49.5 Å². The van der Waals surface area contributed by atoms with Crippen LogP contribution in [0.25, 0.3) is 0 Å². The molecule has 0 saturated carbocycles. The van der Waals surface area contributed by atoms with Crippen molar-refractivity contribution in [2.45, 2.75) is 6.92 Å². The summed E-state index contributed by atoms with van der Waals surface area (Å²) in [4.78, 5) is 0. The van der Waals surface area contributed by atoms with E-state index in [2.05, 4.69) is 19.1 Å². The van der Waals surface area contributed by atoms with E-state index in [0.717, 1.165) is 0 Å². The van der Waals surface area contributed by atoms with Crippen LogP contribution in [0.4, 0.5) is 0 Å². The summed E-state index contributed by atoms with van der Waals surface area (Å²) in [6, 6.07) is 10.3. The van der Waals surface area contributed by atoms with Crippen molar-refractivity contribution in [2.24, 2.45) is 0 Å². The number of rotatable bonds is 8. The second-order valence-corrected chi connectivity index (χ2v) is 4.34. The summed E-state index contributed by atoms with van der Waals surface area (Å²) in [5, 5.41) is 0. The minimum absolute atomic E-state index is 0. The SMILES string of the molecule is COCC[O][Al+][O]CCOC.Cc1ccccc1.[H-].[H-].[Na+]. The van der Waals surface area contributed by atoms with Crippen molar-refractivity contribution in [1.29, 1.82) is 0 Å². The molecule has 6 heteroatoms. The normalized spacial score (nSPS) is 8.79. The molecule has 19 heavy (non-hydrogen) atoms. The standard InChI is InChI=1S/C7H8.2C3H7O2.Al.Na.2H/c1-7-5-3-2-4-6-7;2*1-5-3-2-4;;;;/h2-6H,1H3;2*2-3H2,1H3;;;;/q;2*-1;+3;+1;2*-1. The van der Waals surface area contributed by atoms with Crippen LogP contribution < -0.4 is 29.6 Å². The van der Waals surface area contributed by atoms with E-state index in [1.54, 1.807) is 14.2 Å². The zero-order valence-corrected chi connectivity index (χ0v) is 15.6. The van der Waals surface area contributed by atoms with Crippen molar-refractivity contribution in [2.75, 3.05) is 40.6 Å². The van der Waals surface area contributed by atoms with E-state index in [9.17, 15) is 0 Å². The zero-order chi connectivity index (χ0) is 13.5. The monoisotopic (exact) mass is 294 g/mol. The Hall–Kier alpha value is 0.592. The predicted octanol–water partition coefficient (Wildman–Crippen LogP) is -0.929. The topological polar surface area (TPSA) is 36.9 Å². The van der Waals surface area contributed by atoms with Gasteiger partial charge in [0.1, 0.15) is 0 Å². The third kappa shape index (κ3) is 18.6. The van der Waals surface area contributed by atoms with E-state index < -0.39 is 0 Å². The Morgan fingerprint density at radius 1 is 0.895 bits per heavy atom. The van der Waals surface area contributed by atoms with Gasteiger partial charge in [-0.2, -0.15) is 0 Å². The molecule has 0 aromatic heterocycles. The van der Waals surface area contributed by atoms with Gasteiger partial charge in [0.25, 0.3) is 0 Å². The first kappa shape index (κ1) is 21.9. The number of hydrogen-bond donors (Lipinski definition) is 0. The van der Waals surface area contributed by atoms with Crippen LogP contribution in [0, 0.1) is 6.92 Å². The van der Waals surface area contributed by atoms with Gasteiger partial charge in [0.15, 0.2) is 0 Å². The van der Waals surface area contributed by atoms with E-state index >= 15 is 0 Å². The van der Waals surface area contributed by atoms with Crippen LogP contribution in [0.1, 0.15) is 8.42 Å². The molecule has 104 valence electrons. The molecule has 0 bridgehead atoms. The molecule has 0 aliphatic carbocycles. The summed E-state index contributed by atoms with van der Waals surface area (Å²) in [6.45, 7) is 4.55. The van der Waals surface area contributed by atoms with Gasteiger partial charge >= 0.3 is 103 Å². The average molecular weight is 294 g/mol. The van der Waals surface area contributed by atoms with Gasteiger partial charge in [-0.3, -0.25) is 0 Å². The zero-order valence-electron chi connectivity index (χ0n) is 14.4. The van der Waals surface area contributed by atoms with Crippen LogP contribution >= 0.6 is 0 Å². The molecule has 0 atom stereocenters. The fraction of sp³-hybridized carbons (Fsp3) is 0.538. The van der Waals surface area contributed by atoms with Gasteiger partial charge in [0.2, 0.25) is 0 Å². The summed E-state index contributed by atoms with van der Waals surface area (Å²) in [5.41, 5.74) is 1.32. The van der Waals surface area contributed by atoms with Crippen LogP contribution in [0.5, 0.6) is 0 Å². The summed E-state index contributed by atoms with van der Waals surface area (Å²) in [6.07, 6.45) is 0. The third-order valence-electron chi connectivity index (χ3n) is 1.89. The molecule has 0 radical (unpaired) electrons. The van der Waals surface area contributed by atoms with Crippen molar-refractivity contribution in [3.63, 3.8) is 0 Å². The van der Waals surface area contributed by atoms with Crippen LogP contribution in [0.15, 0.2) is 30.3 Å². The molecule has 0 aliphatic rings. The first-order valence-corrected chi connectivity index (χ1v) is 6.80. The Kier molecular flexibility index (Phi) is 21.4. The van der Waals surface area contributed by atoms with Gasteiger partial charge in [-0.15, -0.1) is 0 Å². The Bertz CT molecular complexity index is 264. The molecule has 0 aliphatic heterocycles. The molecule has 0 N–H and O–H groups in total. The number of ether oxygens (including phenoxy) is 2. The van der Waals surface area contributed by atoms with E-state index in [4.69, 9.17) is 17.1 Å². The predicted molar refractivity (Wildman–Crippen MR) is 74.8 cm³/mol. The first-order valence-electron chi connectivity index (χ1n) is 5.85. The van der Waals surface area contributed by atoms with Gasteiger partial charge in [-0.1, -0.05) is 35.9 Å². The molecule has 1 rings (SSSR count). The van der Waals surface area contributed by atoms with Gasteiger partial charge in [-0.05, 0) is 6.92 Å². The molecular weight excluding hydrogens is 270 g/mol. The summed E-state index contributed by atoms with van der Waals surface area (Å²) < 4.78 is 19.8. The minimum Gasteiger partial charge on any atom is -1.00 e. The fourth-order valence-corrected chi connectivity index (χ4v) is 1.42. The Morgan fingerprint density at radius 3 is 1.68 bits per heavy atom. The van der Waals surface area contributed by atoms with Crippen molar-refractivity contribution in [1.82, 2.24) is 0 Å². The van der Waals surface area contributed by atoms with Crippen LogP contribution in [-0.4, -0.2) is 56.5 Å². The maximum atomic E-state index is 5.10. The molecule has 1 aromatic carbocycles. The molecule has 0 unspecified atom stereocenters. The Morgan fingerprint density at radius 2 is 1.37 bits per heavy atom. The molecule has 0 amide bonds. The van der Waals surface area contributed by atoms with Crippen LogP contribution in [-0.2, 0) is 17.1 Å². The molecular formula is C13H24AlNaO4. The molecule has 0 saturated heterocycles. The number of hydrogen-bond acceptors (Lipinski definition) is 4. The smallest absolute Gasteiger partial charge is 1.00 e. The third-order valence-corrected chi connectivity index (χ3v) is 2.63. The molecule has 4 nitrogen and oxygen atoms in total. The minimum atomic E-state index is -0.349. The number of benzene rings is 1. The van der Waals surface area contributed by atoms with E-state index in [1.165, 1.54) is 5.56 Å². The quantitative estimate of drug-likeness (QED) is 0.459.